The minimum absolute atomic E-state index is 0.140. The van der Waals surface area contributed by atoms with Gasteiger partial charge in [0.25, 0.3) is 0 Å². The highest BCUT2D eigenvalue weighted by Gasteiger charge is 2.30. The molecule has 6 heteroatoms. The Labute approximate surface area is 127 Å². The van der Waals surface area contributed by atoms with Gasteiger partial charge in [0.1, 0.15) is 5.17 Å². The predicted molar refractivity (Wildman–Crippen MR) is 77.6 cm³/mol. The third-order valence-electron chi connectivity index (χ3n) is 2.50. The predicted octanol–water partition coefficient (Wildman–Crippen LogP) is 5.79. The Bertz CT molecular complexity index is 618. The number of nitrogens with zero attached hydrogens (tertiary/aromatic N) is 1. The zero-order chi connectivity index (χ0) is 14.8. The Morgan fingerprint density at radius 3 is 2.00 bits per heavy atom. The van der Waals surface area contributed by atoms with Crippen LogP contribution in [0.15, 0.2) is 58.0 Å². The van der Waals surface area contributed by atoms with Crippen LogP contribution < -0.4 is 0 Å². The molecule has 0 radical (unpaired) electrons. The lowest BCUT2D eigenvalue weighted by Gasteiger charge is -2.06. The number of halogens is 5. The summed E-state index contributed by atoms with van der Waals surface area (Å²) in [5.74, 6) is 0. The van der Waals surface area contributed by atoms with E-state index in [9.17, 15) is 13.2 Å². The van der Waals surface area contributed by atoms with Crippen molar-refractivity contribution in [1.82, 2.24) is 0 Å². The molecule has 0 atom stereocenters. The van der Waals surface area contributed by atoms with Crippen LogP contribution in [0.2, 0.25) is 0 Å². The molecule has 0 bridgehead atoms. The van der Waals surface area contributed by atoms with Crippen molar-refractivity contribution in [1.29, 1.82) is 0 Å². The van der Waals surface area contributed by atoms with Gasteiger partial charge in [0.15, 0.2) is 0 Å². The lowest BCUT2D eigenvalue weighted by atomic mass is 10.1. The van der Waals surface area contributed by atoms with Crippen LogP contribution >= 0.6 is 27.5 Å². The molecule has 0 aliphatic rings. The fourth-order valence-electron chi connectivity index (χ4n) is 1.49. The zero-order valence-corrected chi connectivity index (χ0v) is 12.3. The van der Waals surface area contributed by atoms with Crippen LogP contribution in [0.1, 0.15) is 11.1 Å². The summed E-state index contributed by atoms with van der Waals surface area (Å²) in [5.41, 5.74) is 0.343. The standard InChI is InChI=1S/C14H8BrClF3N/c15-11-5-7-12(8-6-11)20-13(16)9-1-3-10(4-2-9)14(17,18)19/h1-8H/b20-13+. The number of aliphatic imine (C=N–C) groups is 1. The average Bonchev–Trinajstić information content (AvgIpc) is 2.40. The second kappa shape index (κ2) is 5.97. The van der Waals surface area contributed by atoms with E-state index in [1.165, 1.54) is 12.1 Å². The molecule has 0 aliphatic carbocycles. The van der Waals surface area contributed by atoms with Crippen LogP contribution in [0.4, 0.5) is 18.9 Å². The Morgan fingerprint density at radius 2 is 1.50 bits per heavy atom. The van der Waals surface area contributed by atoms with Gasteiger partial charge in [0, 0.05) is 10.0 Å². The maximum atomic E-state index is 12.4. The van der Waals surface area contributed by atoms with Gasteiger partial charge in [-0.05, 0) is 36.4 Å². The summed E-state index contributed by atoms with van der Waals surface area (Å²) < 4.78 is 38.2. The summed E-state index contributed by atoms with van der Waals surface area (Å²) in [6.45, 7) is 0. The highest BCUT2D eigenvalue weighted by Crippen LogP contribution is 2.29. The third kappa shape index (κ3) is 3.84. The summed E-state index contributed by atoms with van der Waals surface area (Å²) in [4.78, 5) is 4.14. The van der Waals surface area contributed by atoms with E-state index in [4.69, 9.17) is 11.6 Å². The number of hydrogen-bond acceptors (Lipinski definition) is 1. The van der Waals surface area contributed by atoms with Crippen molar-refractivity contribution < 1.29 is 13.2 Å². The van der Waals surface area contributed by atoms with Crippen LogP contribution in [0.25, 0.3) is 0 Å². The molecule has 2 rings (SSSR count). The Morgan fingerprint density at radius 1 is 0.950 bits per heavy atom. The maximum absolute atomic E-state index is 12.4. The van der Waals surface area contributed by atoms with Gasteiger partial charge >= 0.3 is 6.18 Å². The van der Waals surface area contributed by atoms with Gasteiger partial charge in [0.2, 0.25) is 0 Å². The molecule has 0 heterocycles. The van der Waals surface area contributed by atoms with Crippen molar-refractivity contribution in [2.45, 2.75) is 6.18 Å². The van der Waals surface area contributed by atoms with E-state index in [-0.39, 0.29) is 5.17 Å². The molecule has 104 valence electrons. The van der Waals surface area contributed by atoms with Gasteiger partial charge in [-0.1, -0.05) is 39.7 Å². The van der Waals surface area contributed by atoms with Crippen molar-refractivity contribution in [3.8, 4) is 0 Å². The first-order valence-corrected chi connectivity index (χ1v) is 6.71. The molecule has 0 N–H and O–H groups in total. The van der Waals surface area contributed by atoms with Crippen LogP contribution in [-0.4, -0.2) is 5.17 Å². The van der Waals surface area contributed by atoms with E-state index < -0.39 is 11.7 Å². The van der Waals surface area contributed by atoms with Gasteiger partial charge in [-0.2, -0.15) is 13.2 Å². The first-order chi connectivity index (χ1) is 9.36. The van der Waals surface area contributed by atoms with E-state index in [0.29, 0.717) is 11.3 Å². The summed E-state index contributed by atoms with van der Waals surface area (Å²) >= 11 is 9.30. The Balaban J connectivity index is 2.25. The van der Waals surface area contributed by atoms with Crippen LogP contribution in [0.5, 0.6) is 0 Å². The van der Waals surface area contributed by atoms with Crippen LogP contribution in [0, 0.1) is 0 Å². The third-order valence-corrected chi connectivity index (χ3v) is 3.34. The van der Waals surface area contributed by atoms with E-state index in [2.05, 4.69) is 20.9 Å². The summed E-state index contributed by atoms with van der Waals surface area (Å²) in [5, 5.41) is 0.140. The molecular weight excluding hydrogens is 355 g/mol. The van der Waals surface area contributed by atoms with E-state index >= 15 is 0 Å². The van der Waals surface area contributed by atoms with E-state index in [0.717, 1.165) is 16.6 Å². The molecule has 2 aromatic carbocycles. The normalized spacial score (nSPS) is 12.6. The lowest BCUT2D eigenvalue weighted by molar-refractivity contribution is -0.137. The number of benzene rings is 2. The second-order valence-electron chi connectivity index (χ2n) is 3.95. The Hall–Kier alpha value is -1.33. The average molecular weight is 363 g/mol. The fraction of sp³-hybridized carbons (Fsp3) is 0.0714. The largest absolute Gasteiger partial charge is 0.416 e. The molecule has 0 amide bonds. The van der Waals surface area contributed by atoms with Crippen LogP contribution in [-0.2, 0) is 6.18 Å². The van der Waals surface area contributed by atoms with Gasteiger partial charge in [-0.3, -0.25) is 0 Å². The SMILES string of the molecule is FC(F)(F)c1ccc(/C(Cl)=N\c2ccc(Br)cc2)cc1. The van der Waals surface area contributed by atoms with Gasteiger partial charge in [-0.25, -0.2) is 4.99 Å². The number of hydrogen-bond donors (Lipinski definition) is 0. The number of alkyl halides is 3. The fourth-order valence-corrected chi connectivity index (χ4v) is 1.98. The molecule has 0 saturated carbocycles. The lowest BCUT2D eigenvalue weighted by Crippen LogP contribution is -2.04. The minimum Gasteiger partial charge on any atom is -0.236 e. The van der Waals surface area contributed by atoms with Crippen molar-refractivity contribution in [3.05, 3.63) is 64.1 Å². The highest BCUT2D eigenvalue weighted by molar-refractivity contribution is 9.10. The first kappa shape index (κ1) is 15.1. The molecule has 1 nitrogen and oxygen atoms in total. The maximum Gasteiger partial charge on any atom is 0.416 e. The molecule has 0 fully saturated rings. The quantitative estimate of drug-likeness (QED) is 0.600. The highest BCUT2D eigenvalue weighted by atomic mass is 79.9. The molecular formula is C14H8BrClF3N. The molecule has 0 aromatic heterocycles. The molecule has 0 spiro atoms. The smallest absolute Gasteiger partial charge is 0.236 e. The van der Waals surface area contributed by atoms with Gasteiger partial charge in [-0.15, -0.1) is 0 Å². The first-order valence-electron chi connectivity index (χ1n) is 5.53. The second-order valence-corrected chi connectivity index (χ2v) is 5.23. The zero-order valence-electron chi connectivity index (χ0n) is 9.96. The topological polar surface area (TPSA) is 12.4 Å². The molecule has 0 saturated heterocycles. The van der Waals surface area contributed by atoms with Gasteiger partial charge < -0.3 is 0 Å². The summed E-state index contributed by atoms with van der Waals surface area (Å²) in [7, 11) is 0. The minimum atomic E-state index is -4.35. The van der Waals surface area contributed by atoms with E-state index in [1.807, 2.05) is 0 Å². The Kier molecular flexibility index (Phi) is 4.50. The van der Waals surface area contributed by atoms with Crippen molar-refractivity contribution >= 4 is 38.4 Å². The molecule has 0 unspecified atom stereocenters. The number of rotatable bonds is 2. The van der Waals surface area contributed by atoms with E-state index in [1.54, 1.807) is 24.3 Å². The van der Waals surface area contributed by atoms with Gasteiger partial charge in [0.05, 0.1) is 11.3 Å². The monoisotopic (exact) mass is 361 g/mol. The summed E-state index contributed by atoms with van der Waals surface area (Å²) in [6.07, 6.45) is -4.35. The summed E-state index contributed by atoms with van der Waals surface area (Å²) in [6, 6.07) is 11.7. The molecule has 20 heavy (non-hydrogen) atoms. The van der Waals surface area contributed by atoms with Crippen molar-refractivity contribution in [2.24, 2.45) is 4.99 Å². The van der Waals surface area contributed by atoms with Crippen LogP contribution in [0.3, 0.4) is 0 Å². The molecule has 0 aliphatic heterocycles. The van der Waals surface area contributed by atoms with Crippen molar-refractivity contribution in [3.63, 3.8) is 0 Å². The van der Waals surface area contributed by atoms with Crippen molar-refractivity contribution in [2.75, 3.05) is 0 Å². The molecule has 2 aromatic rings.